The van der Waals surface area contributed by atoms with Crippen molar-refractivity contribution in [3.63, 3.8) is 0 Å². The Balaban J connectivity index is 1.51. The third-order valence-corrected chi connectivity index (χ3v) is 10.7. The zero-order valence-corrected chi connectivity index (χ0v) is 17.2. The first kappa shape index (κ1) is 20.0. The largest absolute Gasteiger partial charge is 0.393 e. The molecule has 0 radical (unpaired) electrons. The summed E-state index contributed by atoms with van der Waals surface area (Å²) in [6.07, 6.45) is 6.40. The summed E-state index contributed by atoms with van der Waals surface area (Å²) in [7, 11) is -3.49. The lowest BCUT2D eigenvalue weighted by atomic mass is 9.97. The van der Waals surface area contributed by atoms with Gasteiger partial charge in [0.1, 0.15) is 4.21 Å². The number of thioether (sulfide) groups is 1. The Morgan fingerprint density at radius 2 is 1.48 bits per heavy atom. The first-order valence-electron chi connectivity index (χ1n) is 8.72. The Kier molecular flexibility index (Phi) is 7.15. The van der Waals surface area contributed by atoms with Crippen LogP contribution >= 0.6 is 35.0 Å². The highest BCUT2D eigenvalue weighted by molar-refractivity contribution is 8.10. The van der Waals surface area contributed by atoms with Gasteiger partial charge in [-0.3, -0.25) is 0 Å². The number of sulfonamides is 1. The molecule has 0 saturated heterocycles. The monoisotopic (exact) mass is 423 g/mol. The van der Waals surface area contributed by atoms with E-state index in [0.29, 0.717) is 9.46 Å². The van der Waals surface area contributed by atoms with Gasteiger partial charge in [0, 0.05) is 10.5 Å². The second-order valence-electron chi connectivity index (χ2n) is 6.76. The molecule has 142 valence electrons. The number of thiophene rings is 1. The van der Waals surface area contributed by atoms with Crippen LogP contribution in [-0.2, 0) is 10.0 Å². The molecule has 1 heterocycles. The van der Waals surface area contributed by atoms with Gasteiger partial charge in [0.2, 0.25) is 0 Å². The van der Waals surface area contributed by atoms with Crippen LogP contribution in [0.4, 0.5) is 0 Å². The van der Waals surface area contributed by atoms with Gasteiger partial charge in [-0.2, -0.15) is 4.13 Å². The summed E-state index contributed by atoms with van der Waals surface area (Å²) in [6, 6.07) is 3.56. The number of hydrogen-bond acceptors (Lipinski definition) is 7. The fourth-order valence-corrected chi connectivity index (χ4v) is 8.80. The molecule has 2 saturated carbocycles. The molecule has 2 aliphatic carbocycles. The van der Waals surface area contributed by atoms with Crippen LogP contribution in [-0.4, -0.2) is 41.3 Å². The summed E-state index contributed by atoms with van der Waals surface area (Å²) in [4.78, 5) is 0. The predicted octanol–water partition coefficient (Wildman–Crippen LogP) is 3.37. The van der Waals surface area contributed by atoms with Gasteiger partial charge >= 0.3 is 0 Å². The van der Waals surface area contributed by atoms with Crippen LogP contribution in [0, 0.1) is 0 Å². The molecule has 1 aromatic rings. The number of nitrogens with one attached hydrogen (secondary N) is 1. The third-order valence-electron chi connectivity index (χ3n) is 4.72. The Morgan fingerprint density at radius 1 is 0.920 bits per heavy atom. The standard InChI is InChI=1S/C16H25NO4S4/c18-11-1-5-13(6-2-11)22-15-9-10-16(23-15)25(20,21)17-24-14-7-3-12(19)4-8-14/h9-14,17-19H,1-8H2. The summed E-state index contributed by atoms with van der Waals surface area (Å²) in [5, 5.41) is 19.8. The molecule has 0 amide bonds. The first-order valence-corrected chi connectivity index (χ1v) is 12.8. The molecule has 3 N–H and O–H groups in total. The first-order chi connectivity index (χ1) is 11.9. The second-order valence-corrected chi connectivity index (χ2v) is 12.7. The number of aliphatic hydroxyl groups excluding tert-OH is 2. The minimum absolute atomic E-state index is 0.168. The average Bonchev–Trinajstić information content (AvgIpc) is 3.06. The van der Waals surface area contributed by atoms with E-state index in [0.717, 1.165) is 55.6 Å². The fraction of sp³-hybridized carbons (Fsp3) is 0.750. The van der Waals surface area contributed by atoms with Gasteiger partial charge in [-0.25, -0.2) is 8.42 Å². The molecule has 9 heteroatoms. The predicted molar refractivity (Wildman–Crippen MR) is 105 cm³/mol. The zero-order valence-electron chi connectivity index (χ0n) is 14.0. The van der Waals surface area contributed by atoms with Crippen molar-refractivity contribution in [1.82, 2.24) is 4.13 Å². The summed E-state index contributed by atoms with van der Waals surface area (Å²) in [6.45, 7) is 0. The van der Waals surface area contributed by atoms with Crippen LogP contribution in [0.1, 0.15) is 51.4 Å². The molecular weight excluding hydrogens is 398 g/mol. The molecule has 0 aliphatic heterocycles. The fourth-order valence-electron chi connectivity index (χ4n) is 3.17. The number of aliphatic hydroxyl groups is 2. The van der Waals surface area contributed by atoms with Crippen LogP contribution in [0.2, 0.25) is 0 Å². The number of rotatable bonds is 6. The maximum atomic E-state index is 12.5. The van der Waals surface area contributed by atoms with Crippen LogP contribution in [0.15, 0.2) is 20.6 Å². The van der Waals surface area contributed by atoms with E-state index in [1.54, 1.807) is 17.8 Å². The van der Waals surface area contributed by atoms with Gasteiger partial charge in [0.25, 0.3) is 10.0 Å². The summed E-state index contributed by atoms with van der Waals surface area (Å²) < 4.78 is 29.0. The topological polar surface area (TPSA) is 86.6 Å². The summed E-state index contributed by atoms with van der Waals surface area (Å²) in [5.74, 6) is 0. The van der Waals surface area contributed by atoms with Crippen molar-refractivity contribution in [3.8, 4) is 0 Å². The molecule has 0 bridgehead atoms. The van der Waals surface area contributed by atoms with Crippen molar-refractivity contribution < 1.29 is 18.6 Å². The van der Waals surface area contributed by atoms with E-state index in [9.17, 15) is 18.6 Å². The SMILES string of the molecule is O=S(=O)(NSC1CCC(O)CC1)c1ccc(SC2CCC(O)CC2)s1. The highest BCUT2D eigenvalue weighted by Gasteiger charge is 2.25. The van der Waals surface area contributed by atoms with E-state index in [1.165, 1.54) is 23.3 Å². The van der Waals surface area contributed by atoms with Crippen molar-refractivity contribution in [2.24, 2.45) is 0 Å². The van der Waals surface area contributed by atoms with Crippen molar-refractivity contribution in [2.75, 3.05) is 0 Å². The van der Waals surface area contributed by atoms with Gasteiger partial charge in [-0.05, 0) is 63.5 Å². The highest BCUT2D eigenvalue weighted by atomic mass is 32.3. The Morgan fingerprint density at radius 3 is 2.08 bits per heavy atom. The van der Waals surface area contributed by atoms with E-state index in [4.69, 9.17) is 0 Å². The van der Waals surface area contributed by atoms with Crippen molar-refractivity contribution in [3.05, 3.63) is 12.1 Å². The summed E-state index contributed by atoms with van der Waals surface area (Å²) in [5.41, 5.74) is 0. The molecule has 2 aliphatic rings. The van der Waals surface area contributed by atoms with E-state index in [1.807, 2.05) is 6.07 Å². The van der Waals surface area contributed by atoms with Crippen molar-refractivity contribution >= 4 is 45.1 Å². The molecule has 0 spiro atoms. The Hall–Kier alpha value is 0.230. The van der Waals surface area contributed by atoms with Gasteiger partial charge in [-0.15, -0.1) is 23.1 Å². The second kappa shape index (κ2) is 8.95. The molecule has 5 nitrogen and oxygen atoms in total. The highest BCUT2D eigenvalue weighted by Crippen LogP contribution is 2.38. The average molecular weight is 424 g/mol. The van der Waals surface area contributed by atoms with Gasteiger partial charge in [0.15, 0.2) is 0 Å². The van der Waals surface area contributed by atoms with Crippen LogP contribution in [0.3, 0.4) is 0 Å². The van der Waals surface area contributed by atoms with E-state index in [-0.39, 0.29) is 17.5 Å². The molecule has 1 aromatic heterocycles. The van der Waals surface area contributed by atoms with Gasteiger partial charge in [0.05, 0.1) is 16.4 Å². The van der Waals surface area contributed by atoms with Gasteiger partial charge < -0.3 is 10.2 Å². The molecule has 0 aromatic carbocycles. The molecule has 3 rings (SSSR count). The molecule has 0 atom stereocenters. The van der Waals surface area contributed by atoms with Crippen LogP contribution < -0.4 is 4.13 Å². The molecule has 2 fully saturated rings. The number of hydrogen-bond donors (Lipinski definition) is 3. The van der Waals surface area contributed by atoms with E-state index in [2.05, 4.69) is 4.13 Å². The van der Waals surface area contributed by atoms with Gasteiger partial charge in [-0.1, -0.05) is 11.9 Å². The van der Waals surface area contributed by atoms with Crippen molar-refractivity contribution in [1.29, 1.82) is 0 Å². The quantitative estimate of drug-likeness (QED) is 0.608. The zero-order chi connectivity index (χ0) is 17.9. The van der Waals surface area contributed by atoms with Crippen LogP contribution in [0.5, 0.6) is 0 Å². The normalized spacial score (nSPS) is 31.1. The smallest absolute Gasteiger partial charge is 0.259 e. The maximum absolute atomic E-state index is 12.5. The summed E-state index contributed by atoms with van der Waals surface area (Å²) >= 11 is 4.32. The van der Waals surface area contributed by atoms with E-state index < -0.39 is 10.0 Å². The molecule has 25 heavy (non-hydrogen) atoms. The Labute approximate surface area is 162 Å². The molecular formula is C16H25NO4S4. The lowest BCUT2D eigenvalue weighted by Crippen LogP contribution is -2.25. The van der Waals surface area contributed by atoms with Crippen molar-refractivity contribution in [2.45, 2.75) is 82.5 Å². The Bertz CT molecular complexity index is 647. The molecule has 0 unspecified atom stereocenters. The minimum Gasteiger partial charge on any atom is -0.393 e. The van der Waals surface area contributed by atoms with Crippen LogP contribution in [0.25, 0.3) is 0 Å². The lowest BCUT2D eigenvalue weighted by molar-refractivity contribution is 0.132. The minimum atomic E-state index is -3.49. The maximum Gasteiger partial charge on any atom is 0.259 e. The third kappa shape index (κ3) is 5.85. The lowest BCUT2D eigenvalue weighted by Gasteiger charge is -2.24. The van der Waals surface area contributed by atoms with E-state index >= 15 is 0 Å².